The number of carbonyl (C=O) groups excluding carboxylic acids is 2. The molecule has 7 nitrogen and oxygen atoms in total. The first kappa shape index (κ1) is 21.0. The quantitative estimate of drug-likeness (QED) is 0.638. The second-order valence-electron chi connectivity index (χ2n) is 8.51. The predicted molar refractivity (Wildman–Crippen MR) is 119 cm³/mol. The van der Waals surface area contributed by atoms with Crippen molar-refractivity contribution in [3.8, 4) is 11.5 Å². The molecule has 1 aliphatic carbocycles. The van der Waals surface area contributed by atoms with Gasteiger partial charge in [-0.1, -0.05) is 38.5 Å². The maximum atomic E-state index is 12.9. The van der Waals surface area contributed by atoms with Gasteiger partial charge in [-0.3, -0.25) is 4.79 Å². The van der Waals surface area contributed by atoms with E-state index in [0.717, 1.165) is 25.7 Å². The lowest BCUT2D eigenvalue weighted by Gasteiger charge is -2.31. The van der Waals surface area contributed by atoms with Crippen LogP contribution in [0.5, 0.6) is 11.5 Å². The average molecular weight is 424 g/mol. The molecule has 1 fully saturated rings. The van der Waals surface area contributed by atoms with Gasteiger partial charge in [0, 0.05) is 30.3 Å². The van der Waals surface area contributed by atoms with Crippen LogP contribution in [0.2, 0.25) is 0 Å². The van der Waals surface area contributed by atoms with Gasteiger partial charge in [0.15, 0.2) is 11.5 Å². The van der Waals surface area contributed by atoms with Crippen molar-refractivity contribution >= 4 is 23.3 Å². The van der Waals surface area contributed by atoms with E-state index in [4.69, 9.17) is 9.47 Å². The Morgan fingerprint density at radius 1 is 0.871 bits per heavy atom. The summed E-state index contributed by atoms with van der Waals surface area (Å²) in [5.41, 5.74) is 1.27. The number of fused-ring (bicyclic) bond motifs is 1. The highest BCUT2D eigenvalue weighted by atomic mass is 16.7. The number of rotatable bonds is 5. The van der Waals surface area contributed by atoms with Crippen molar-refractivity contribution in [3.63, 3.8) is 0 Å². The number of para-hydroxylation sites is 1. The molecule has 2 aliphatic rings. The minimum Gasteiger partial charge on any atom is -0.448 e. The van der Waals surface area contributed by atoms with Gasteiger partial charge in [-0.05, 0) is 43.0 Å². The van der Waals surface area contributed by atoms with Crippen molar-refractivity contribution in [2.24, 2.45) is 5.92 Å². The maximum Gasteiger partial charge on any atom is 0.319 e. The molecule has 1 atom stereocenters. The van der Waals surface area contributed by atoms with E-state index >= 15 is 0 Å². The van der Waals surface area contributed by atoms with E-state index in [-0.39, 0.29) is 11.8 Å². The minimum atomic E-state index is -0.696. The van der Waals surface area contributed by atoms with Gasteiger partial charge in [-0.15, -0.1) is 0 Å². The number of ether oxygens (including phenoxy) is 2. The number of amides is 3. The highest BCUT2D eigenvalue weighted by Gasteiger charge is 2.42. The fourth-order valence-corrected chi connectivity index (χ4v) is 4.05. The van der Waals surface area contributed by atoms with Gasteiger partial charge in [-0.25, -0.2) is 4.79 Å². The smallest absolute Gasteiger partial charge is 0.319 e. The summed E-state index contributed by atoms with van der Waals surface area (Å²) in [5, 5.41) is 8.41. The fraction of sp³-hybridized carbons (Fsp3) is 0.417. The largest absolute Gasteiger partial charge is 0.448 e. The molecule has 0 radical (unpaired) electrons. The number of carbonyl (C=O) groups is 2. The summed E-state index contributed by atoms with van der Waals surface area (Å²) in [6.07, 6.45) is 5.13. The molecule has 1 saturated carbocycles. The Kier molecular flexibility index (Phi) is 6.02. The van der Waals surface area contributed by atoms with Gasteiger partial charge in [-0.2, -0.15) is 0 Å². The minimum absolute atomic E-state index is 0.0963. The molecule has 4 rings (SSSR count). The molecule has 3 N–H and O–H groups in total. The van der Waals surface area contributed by atoms with E-state index in [0.29, 0.717) is 22.9 Å². The zero-order chi connectivity index (χ0) is 21.8. The molecule has 0 saturated heterocycles. The van der Waals surface area contributed by atoms with Crippen LogP contribution in [0.25, 0.3) is 0 Å². The van der Waals surface area contributed by atoms with Crippen LogP contribution in [0.4, 0.5) is 16.2 Å². The van der Waals surface area contributed by atoms with Crippen molar-refractivity contribution in [3.05, 3.63) is 48.5 Å². The van der Waals surface area contributed by atoms with Gasteiger partial charge in [0.2, 0.25) is 5.91 Å². The summed E-state index contributed by atoms with van der Waals surface area (Å²) in [4.78, 5) is 25.3. The Balaban J connectivity index is 1.39. The maximum absolute atomic E-state index is 12.9. The number of hydrogen-bond acceptors (Lipinski definition) is 4. The molecule has 0 unspecified atom stereocenters. The zero-order valence-corrected chi connectivity index (χ0v) is 17.9. The molecule has 164 valence electrons. The Morgan fingerprint density at radius 3 is 2.29 bits per heavy atom. The van der Waals surface area contributed by atoms with Gasteiger partial charge in [0.1, 0.15) is 6.04 Å². The lowest BCUT2D eigenvalue weighted by atomic mass is 9.94. The standard InChI is InChI=1S/C24H29N3O4/c1-16(2)21(27-23(29)26-17-9-5-3-6-10-17)22(28)25-18-11-12-19-20(15-18)31-24(30-19)13-7-4-8-14-24/h3,5-6,9-12,15-16,21H,4,7-8,13-14H2,1-2H3,(H,25,28)(H2,26,27,29)/t21-/m1/s1. The molecule has 1 heterocycles. The van der Waals surface area contributed by atoms with Gasteiger partial charge in [0.05, 0.1) is 0 Å². The van der Waals surface area contributed by atoms with E-state index in [1.54, 1.807) is 24.3 Å². The monoisotopic (exact) mass is 423 g/mol. The molecule has 31 heavy (non-hydrogen) atoms. The second kappa shape index (κ2) is 8.88. The van der Waals surface area contributed by atoms with Gasteiger partial charge in [0.25, 0.3) is 5.79 Å². The van der Waals surface area contributed by atoms with Gasteiger partial charge < -0.3 is 25.4 Å². The van der Waals surface area contributed by atoms with Crippen LogP contribution in [-0.4, -0.2) is 23.8 Å². The molecule has 1 spiro atoms. The summed E-state index contributed by atoms with van der Waals surface area (Å²) in [7, 11) is 0. The Labute approximate surface area is 182 Å². The summed E-state index contributed by atoms with van der Waals surface area (Å²) in [6, 6.07) is 13.4. The van der Waals surface area contributed by atoms with Crippen LogP contribution in [0, 0.1) is 5.92 Å². The first-order valence-electron chi connectivity index (χ1n) is 10.9. The van der Waals surface area contributed by atoms with E-state index in [9.17, 15) is 9.59 Å². The number of nitrogens with one attached hydrogen (secondary N) is 3. The Hall–Kier alpha value is -3.22. The van der Waals surface area contributed by atoms with Crippen LogP contribution in [0.3, 0.4) is 0 Å². The second-order valence-corrected chi connectivity index (χ2v) is 8.51. The molecular formula is C24H29N3O4. The first-order valence-corrected chi connectivity index (χ1v) is 10.9. The zero-order valence-electron chi connectivity index (χ0n) is 17.9. The third kappa shape index (κ3) is 4.93. The van der Waals surface area contributed by atoms with E-state index in [1.807, 2.05) is 38.1 Å². The molecule has 7 heteroatoms. The Morgan fingerprint density at radius 2 is 1.58 bits per heavy atom. The third-order valence-corrected chi connectivity index (χ3v) is 5.69. The van der Waals surface area contributed by atoms with Crippen molar-refractivity contribution in [1.29, 1.82) is 0 Å². The molecule has 2 aromatic carbocycles. The van der Waals surface area contributed by atoms with Crippen molar-refractivity contribution in [1.82, 2.24) is 5.32 Å². The molecule has 2 aromatic rings. The lowest BCUT2D eigenvalue weighted by molar-refractivity contribution is -0.118. The normalized spacial score (nSPS) is 17.3. The molecular weight excluding hydrogens is 394 g/mol. The molecule has 0 aromatic heterocycles. The molecule has 1 aliphatic heterocycles. The number of anilines is 2. The summed E-state index contributed by atoms with van der Waals surface area (Å²) >= 11 is 0. The Bertz CT molecular complexity index is 939. The van der Waals surface area contributed by atoms with E-state index in [1.165, 1.54) is 6.42 Å². The van der Waals surface area contributed by atoms with Crippen LogP contribution in [0.1, 0.15) is 46.0 Å². The third-order valence-electron chi connectivity index (χ3n) is 5.69. The summed E-state index contributed by atoms with van der Waals surface area (Å²) in [5.74, 6) is 0.419. The van der Waals surface area contributed by atoms with Crippen molar-refractivity contribution in [2.45, 2.75) is 57.8 Å². The van der Waals surface area contributed by atoms with Crippen LogP contribution in [-0.2, 0) is 4.79 Å². The molecule has 3 amide bonds. The van der Waals surface area contributed by atoms with Crippen molar-refractivity contribution < 1.29 is 19.1 Å². The van der Waals surface area contributed by atoms with Crippen LogP contribution >= 0.6 is 0 Å². The summed E-state index contributed by atoms with van der Waals surface area (Å²) < 4.78 is 12.2. The number of benzene rings is 2. The number of hydrogen-bond donors (Lipinski definition) is 3. The van der Waals surface area contributed by atoms with Crippen LogP contribution < -0.4 is 25.4 Å². The van der Waals surface area contributed by atoms with E-state index in [2.05, 4.69) is 16.0 Å². The first-order chi connectivity index (χ1) is 14.9. The highest BCUT2D eigenvalue weighted by Crippen LogP contribution is 2.46. The summed E-state index contributed by atoms with van der Waals surface area (Å²) in [6.45, 7) is 3.78. The van der Waals surface area contributed by atoms with Gasteiger partial charge >= 0.3 is 6.03 Å². The predicted octanol–water partition coefficient (Wildman–Crippen LogP) is 4.90. The fourth-order valence-electron chi connectivity index (χ4n) is 4.05. The molecule has 0 bridgehead atoms. The van der Waals surface area contributed by atoms with E-state index < -0.39 is 17.9 Å². The SMILES string of the molecule is CC(C)[C@@H](NC(=O)Nc1ccccc1)C(=O)Nc1ccc2c(c1)OC1(CCCCC1)O2. The highest BCUT2D eigenvalue weighted by molar-refractivity contribution is 5.99. The van der Waals surface area contributed by atoms with Crippen molar-refractivity contribution in [2.75, 3.05) is 10.6 Å². The number of urea groups is 1. The van der Waals surface area contributed by atoms with Crippen LogP contribution in [0.15, 0.2) is 48.5 Å². The lowest BCUT2D eigenvalue weighted by Crippen LogP contribution is -2.48. The topological polar surface area (TPSA) is 88.7 Å². The average Bonchev–Trinajstić information content (AvgIpc) is 3.09.